The number of carbonyl (C=O) groups excluding carboxylic acids is 1. The fourth-order valence-electron chi connectivity index (χ4n) is 3.63. The molecule has 6 heteroatoms. The van der Waals surface area contributed by atoms with Crippen LogP contribution in [0.2, 0.25) is 0 Å². The summed E-state index contributed by atoms with van der Waals surface area (Å²) in [5, 5.41) is 0.797. The maximum atomic E-state index is 13.9. The molecule has 2 heterocycles. The summed E-state index contributed by atoms with van der Waals surface area (Å²) in [6, 6.07) is 12.7. The van der Waals surface area contributed by atoms with Crippen LogP contribution in [-0.4, -0.2) is 46.9 Å². The summed E-state index contributed by atoms with van der Waals surface area (Å²) in [5.41, 5.74) is 2.49. The van der Waals surface area contributed by atoms with Gasteiger partial charge < -0.3 is 4.90 Å². The second-order valence-corrected chi connectivity index (χ2v) is 7.10. The number of pyridine rings is 1. The first kappa shape index (κ1) is 18.5. The van der Waals surface area contributed by atoms with E-state index in [1.165, 1.54) is 18.2 Å². The first-order valence-electron chi connectivity index (χ1n) is 9.36. The number of fused-ring (bicyclic) bond motifs is 1. The molecular formula is C22H21F2N3O. The molecule has 1 fully saturated rings. The summed E-state index contributed by atoms with van der Waals surface area (Å²) in [6.45, 7) is 3.30. The van der Waals surface area contributed by atoms with Crippen LogP contribution in [-0.2, 0) is 17.8 Å². The van der Waals surface area contributed by atoms with E-state index in [0.29, 0.717) is 19.6 Å². The van der Waals surface area contributed by atoms with Crippen LogP contribution in [0.4, 0.5) is 8.78 Å². The van der Waals surface area contributed by atoms with Crippen LogP contribution < -0.4 is 0 Å². The fourth-order valence-corrected chi connectivity index (χ4v) is 3.63. The molecule has 0 saturated carbocycles. The Hall–Kier alpha value is -2.86. The lowest BCUT2D eigenvalue weighted by Gasteiger charge is -2.35. The summed E-state index contributed by atoms with van der Waals surface area (Å²) in [5.74, 6) is -0.517. The molecule has 0 N–H and O–H groups in total. The Bertz CT molecular complexity index is 983. The molecule has 4 rings (SSSR count). The number of carbonyl (C=O) groups is 1. The Morgan fingerprint density at radius 1 is 0.964 bits per heavy atom. The summed E-state index contributed by atoms with van der Waals surface area (Å²) in [4.78, 5) is 20.9. The molecule has 1 aliphatic rings. The topological polar surface area (TPSA) is 36.4 Å². The zero-order chi connectivity index (χ0) is 19.5. The molecule has 0 aliphatic carbocycles. The maximum absolute atomic E-state index is 13.9. The zero-order valence-electron chi connectivity index (χ0n) is 15.4. The second-order valence-electron chi connectivity index (χ2n) is 7.10. The lowest BCUT2D eigenvalue weighted by atomic mass is 10.1. The third kappa shape index (κ3) is 4.17. The highest BCUT2D eigenvalue weighted by Gasteiger charge is 2.22. The number of hydrogen-bond donors (Lipinski definition) is 0. The van der Waals surface area contributed by atoms with Gasteiger partial charge in [-0.2, -0.15) is 0 Å². The van der Waals surface area contributed by atoms with E-state index in [1.807, 2.05) is 11.0 Å². The average Bonchev–Trinajstić information content (AvgIpc) is 2.70. The third-order valence-electron chi connectivity index (χ3n) is 5.14. The van der Waals surface area contributed by atoms with E-state index < -0.39 is 0 Å². The molecule has 1 saturated heterocycles. The monoisotopic (exact) mass is 381 g/mol. The Balaban J connectivity index is 1.37. The lowest BCUT2D eigenvalue weighted by Crippen LogP contribution is -2.48. The fraction of sp³-hybridized carbons (Fsp3) is 0.273. The van der Waals surface area contributed by atoms with Gasteiger partial charge in [0.25, 0.3) is 0 Å². The quantitative estimate of drug-likeness (QED) is 0.695. The van der Waals surface area contributed by atoms with Gasteiger partial charge in [0.2, 0.25) is 5.91 Å². The number of amides is 1. The average molecular weight is 381 g/mol. The third-order valence-corrected chi connectivity index (χ3v) is 5.14. The van der Waals surface area contributed by atoms with Crippen molar-refractivity contribution in [1.82, 2.24) is 14.8 Å². The normalized spacial score (nSPS) is 15.1. The Kier molecular flexibility index (Phi) is 5.30. The molecule has 3 aromatic rings. The standard InChI is InChI=1S/C22H21F2N3O/c23-19-5-3-16(4-6-19)12-21(28)27-10-8-26(9-11-27)15-18-14-20(24)13-17-2-1-7-25-22(17)18/h1-7,13-14H,8-12,15H2. The number of hydrogen-bond acceptors (Lipinski definition) is 3. The lowest BCUT2D eigenvalue weighted by molar-refractivity contribution is -0.132. The van der Waals surface area contributed by atoms with Crippen LogP contribution in [0.25, 0.3) is 10.9 Å². The SMILES string of the molecule is O=C(Cc1ccc(F)cc1)N1CCN(Cc2cc(F)cc3cccnc23)CC1. The van der Waals surface area contributed by atoms with E-state index in [2.05, 4.69) is 9.88 Å². The minimum Gasteiger partial charge on any atom is -0.340 e. The van der Waals surface area contributed by atoms with E-state index in [0.717, 1.165) is 35.1 Å². The molecule has 0 atom stereocenters. The van der Waals surface area contributed by atoms with Gasteiger partial charge in [0.05, 0.1) is 11.9 Å². The van der Waals surface area contributed by atoms with E-state index in [4.69, 9.17) is 0 Å². The number of nitrogens with zero attached hydrogens (tertiary/aromatic N) is 3. The van der Waals surface area contributed by atoms with Gasteiger partial charge in [-0.3, -0.25) is 14.7 Å². The molecule has 0 spiro atoms. The second kappa shape index (κ2) is 8.02. The summed E-state index contributed by atoms with van der Waals surface area (Å²) in [6.07, 6.45) is 1.99. The smallest absolute Gasteiger partial charge is 0.227 e. The minimum atomic E-state index is -0.302. The number of rotatable bonds is 4. The van der Waals surface area contributed by atoms with Gasteiger partial charge in [-0.05, 0) is 41.5 Å². The number of piperazine rings is 1. The van der Waals surface area contributed by atoms with Crippen molar-refractivity contribution in [3.63, 3.8) is 0 Å². The number of aromatic nitrogens is 1. The van der Waals surface area contributed by atoms with Gasteiger partial charge in [-0.1, -0.05) is 18.2 Å². The van der Waals surface area contributed by atoms with E-state index in [1.54, 1.807) is 30.5 Å². The molecule has 1 amide bonds. The van der Waals surface area contributed by atoms with Crippen molar-refractivity contribution in [3.8, 4) is 0 Å². The van der Waals surface area contributed by atoms with Crippen LogP contribution in [0.5, 0.6) is 0 Å². The Labute approximate surface area is 162 Å². The first-order valence-corrected chi connectivity index (χ1v) is 9.36. The van der Waals surface area contributed by atoms with Crippen LogP contribution in [0, 0.1) is 11.6 Å². The molecule has 144 valence electrons. The predicted octanol–water partition coefficient (Wildman–Crippen LogP) is 3.40. The minimum absolute atomic E-state index is 0.0455. The highest BCUT2D eigenvalue weighted by Crippen LogP contribution is 2.20. The van der Waals surface area contributed by atoms with E-state index >= 15 is 0 Å². The van der Waals surface area contributed by atoms with E-state index in [9.17, 15) is 13.6 Å². The van der Waals surface area contributed by atoms with Crippen molar-refractivity contribution in [3.05, 3.63) is 77.5 Å². The zero-order valence-corrected chi connectivity index (χ0v) is 15.4. The number of halogens is 2. The van der Waals surface area contributed by atoms with Crippen molar-refractivity contribution in [2.75, 3.05) is 26.2 Å². The van der Waals surface area contributed by atoms with Gasteiger partial charge >= 0.3 is 0 Å². The van der Waals surface area contributed by atoms with Crippen molar-refractivity contribution >= 4 is 16.8 Å². The Morgan fingerprint density at radius 3 is 2.46 bits per heavy atom. The first-order chi connectivity index (χ1) is 13.6. The van der Waals surface area contributed by atoms with Gasteiger partial charge in [0.1, 0.15) is 11.6 Å². The van der Waals surface area contributed by atoms with Crippen molar-refractivity contribution in [1.29, 1.82) is 0 Å². The highest BCUT2D eigenvalue weighted by molar-refractivity contribution is 5.81. The summed E-state index contributed by atoms with van der Waals surface area (Å²) in [7, 11) is 0. The molecule has 28 heavy (non-hydrogen) atoms. The van der Waals surface area contributed by atoms with Gasteiger partial charge in [-0.15, -0.1) is 0 Å². The molecule has 4 nitrogen and oxygen atoms in total. The molecule has 1 aliphatic heterocycles. The summed E-state index contributed by atoms with van der Waals surface area (Å²) >= 11 is 0. The van der Waals surface area contributed by atoms with Crippen molar-refractivity contribution in [2.24, 2.45) is 0 Å². The largest absolute Gasteiger partial charge is 0.340 e. The molecule has 0 radical (unpaired) electrons. The van der Waals surface area contributed by atoms with Crippen LogP contribution in [0.3, 0.4) is 0 Å². The number of benzene rings is 2. The molecular weight excluding hydrogens is 360 g/mol. The van der Waals surface area contributed by atoms with Gasteiger partial charge in [-0.25, -0.2) is 8.78 Å². The maximum Gasteiger partial charge on any atom is 0.227 e. The molecule has 1 aromatic heterocycles. The molecule has 2 aromatic carbocycles. The van der Waals surface area contributed by atoms with Crippen molar-refractivity contribution in [2.45, 2.75) is 13.0 Å². The molecule has 0 bridgehead atoms. The highest BCUT2D eigenvalue weighted by atomic mass is 19.1. The Morgan fingerprint density at radius 2 is 1.71 bits per heavy atom. The van der Waals surface area contributed by atoms with Gasteiger partial charge in [0.15, 0.2) is 0 Å². The molecule has 0 unspecified atom stereocenters. The van der Waals surface area contributed by atoms with Crippen molar-refractivity contribution < 1.29 is 13.6 Å². The van der Waals surface area contributed by atoms with Crippen LogP contribution >= 0.6 is 0 Å². The van der Waals surface area contributed by atoms with Crippen LogP contribution in [0.1, 0.15) is 11.1 Å². The van der Waals surface area contributed by atoms with Crippen LogP contribution in [0.15, 0.2) is 54.7 Å². The predicted molar refractivity (Wildman–Crippen MR) is 104 cm³/mol. The van der Waals surface area contributed by atoms with Gasteiger partial charge in [0, 0.05) is 44.3 Å². The van der Waals surface area contributed by atoms with E-state index in [-0.39, 0.29) is 24.0 Å². The summed E-state index contributed by atoms with van der Waals surface area (Å²) < 4.78 is 26.9.